The standard InChI is InChI=1S/C26H39N3O5S2/c1-19-13-20(2)16-28(15-19)36(32,33)22-9-10-24-23(14-22)29(26(31)18-34-24)17-25(30)27-11-6-12-35-21-7-4-3-5-8-21/h9-10,14,19-21H,3-8,11-13,15-18H2,1-2H3,(H,27,30)/t19-,20-/m0/s1. The van der Waals surface area contributed by atoms with E-state index >= 15 is 0 Å². The number of sulfonamides is 1. The van der Waals surface area contributed by atoms with Gasteiger partial charge in [0.15, 0.2) is 6.61 Å². The number of nitrogens with one attached hydrogen (secondary N) is 1. The van der Waals surface area contributed by atoms with Gasteiger partial charge in [0.25, 0.3) is 5.91 Å². The van der Waals surface area contributed by atoms with Crippen LogP contribution in [0, 0.1) is 11.8 Å². The van der Waals surface area contributed by atoms with Gasteiger partial charge < -0.3 is 10.1 Å². The molecule has 0 bridgehead atoms. The van der Waals surface area contributed by atoms with Crippen LogP contribution in [-0.4, -0.2) is 68.3 Å². The Hall–Kier alpha value is -1.78. The van der Waals surface area contributed by atoms with Crippen molar-refractivity contribution in [1.82, 2.24) is 9.62 Å². The molecule has 0 radical (unpaired) electrons. The summed E-state index contributed by atoms with van der Waals surface area (Å²) in [5.41, 5.74) is 0.327. The monoisotopic (exact) mass is 537 g/mol. The van der Waals surface area contributed by atoms with Crippen molar-refractivity contribution in [2.24, 2.45) is 11.8 Å². The molecule has 0 aromatic heterocycles. The van der Waals surface area contributed by atoms with Crippen molar-refractivity contribution in [2.75, 3.05) is 43.4 Å². The van der Waals surface area contributed by atoms with Crippen LogP contribution in [0.25, 0.3) is 0 Å². The first-order chi connectivity index (χ1) is 17.2. The molecule has 1 N–H and O–H groups in total. The lowest BCUT2D eigenvalue weighted by Gasteiger charge is -2.34. The minimum Gasteiger partial charge on any atom is -0.482 e. The molecule has 4 rings (SSSR count). The van der Waals surface area contributed by atoms with Gasteiger partial charge in [0.1, 0.15) is 12.3 Å². The highest BCUT2D eigenvalue weighted by molar-refractivity contribution is 7.99. The highest BCUT2D eigenvalue weighted by Gasteiger charge is 2.34. The first-order valence-electron chi connectivity index (χ1n) is 13.2. The molecule has 1 aliphatic carbocycles. The van der Waals surface area contributed by atoms with E-state index in [9.17, 15) is 18.0 Å². The van der Waals surface area contributed by atoms with Gasteiger partial charge >= 0.3 is 0 Å². The molecule has 200 valence electrons. The summed E-state index contributed by atoms with van der Waals surface area (Å²) in [5, 5.41) is 3.66. The van der Waals surface area contributed by atoms with Crippen LogP contribution in [0.15, 0.2) is 23.1 Å². The highest BCUT2D eigenvalue weighted by atomic mass is 32.2. The van der Waals surface area contributed by atoms with Crippen LogP contribution in [0.5, 0.6) is 5.75 Å². The second kappa shape index (κ2) is 12.2. The fourth-order valence-electron chi connectivity index (χ4n) is 5.45. The summed E-state index contributed by atoms with van der Waals surface area (Å²) in [5.74, 6) is 1.37. The SMILES string of the molecule is C[C@H]1C[C@H](C)CN(S(=O)(=O)c2ccc3c(c2)N(CC(=O)NCCCSC2CCCCC2)C(=O)CO3)C1. The molecular weight excluding hydrogens is 498 g/mol. The largest absolute Gasteiger partial charge is 0.482 e. The molecule has 2 atom stereocenters. The fraction of sp³-hybridized carbons (Fsp3) is 0.692. The van der Waals surface area contributed by atoms with Gasteiger partial charge in [0, 0.05) is 24.9 Å². The molecule has 0 spiro atoms. The molecule has 1 aromatic rings. The van der Waals surface area contributed by atoms with Crippen molar-refractivity contribution >= 4 is 39.3 Å². The third-order valence-electron chi connectivity index (χ3n) is 7.20. The van der Waals surface area contributed by atoms with Gasteiger partial charge in [-0.2, -0.15) is 16.1 Å². The minimum atomic E-state index is -3.72. The molecule has 1 aromatic carbocycles. The van der Waals surface area contributed by atoms with Gasteiger partial charge in [-0.25, -0.2) is 8.42 Å². The highest BCUT2D eigenvalue weighted by Crippen LogP contribution is 2.36. The lowest BCUT2D eigenvalue weighted by atomic mass is 9.94. The van der Waals surface area contributed by atoms with Crippen LogP contribution >= 0.6 is 11.8 Å². The summed E-state index contributed by atoms with van der Waals surface area (Å²) in [7, 11) is -3.72. The molecule has 3 aliphatic rings. The number of hydrogen-bond donors (Lipinski definition) is 1. The Labute approximate surface area is 219 Å². The van der Waals surface area contributed by atoms with E-state index in [0.717, 1.165) is 23.8 Å². The maximum Gasteiger partial charge on any atom is 0.265 e. The second-order valence-corrected chi connectivity index (χ2v) is 13.8. The van der Waals surface area contributed by atoms with Crippen molar-refractivity contribution in [3.05, 3.63) is 18.2 Å². The van der Waals surface area contributed by atoms with E-state index in [4.69, 9.17) is 4.74 Å². The quantitative estimate of drug-likeness (QED) is 0.483. The summed E-state index contributed by atoms with van der Waals surface area (Å²) < 4.78 is 33.8. The summed E-state index contributed by atoms with van der Waals surface area (Å²) >= 11 is 2.00. The second-order valence-electron chi connectivity index (χ2n) is 10.5. The van der Waals surface area contributed by atoms with Crippen LogP contribution in [0.2, 0.25) is 0 Å². The molecule has 2 amide bonds. The molecule has 2 aliphatic heterocycles. The van der Waals surface area contributed by atoms with E-state index in [-0.39, 0.29) is 41.7 Å². The van der Waals surface area contributed by atoms with Crippen LogP contribution in [0.1, 0.15) is 58.8 Å². The normalized spacial score (nSPS) is 23.7. The molecule has 1 saturated heterocycles. The molecule has 10 heteroatoms. The zero-order valence-electron chi connectivity index (χ0n) is 21.4. The molecule has 2 fully saturated rings. The molecule has 36 heavy (non-hydrogen) atoms. The first kappa shape index (κ1) is 27.3. The van der Waals surface area contributed by atoms with Crippen LogP contribution in [0.3, 0.4) is 0 Å². The Bertz CT molecular complexity index is 1030. The number of rotatable bonds is 9. The average Bonchev–Trinajstić information content (AvgIpc) is 2.85. The smallest absolute Gasteiger partial charge is 0.265 e. The molecular formula is C26H39N3O5S2. The van der Waals surface area contributed by atoms with Crippen LogP contribution in [0.4, 0.5) is 5.69 Å². The van der Waals surface area contributed by atoms with Crippen molar-refractivity contribution in [1.29, 1.82) is 0 Å². The van der Waals surface area contributed by atoms with Crippen molar-refractivity contribution in [3.8, 4) is 5.75 Å². The maximum atomic E-state index is 13.4. The predicted molar refractivity (Wildman–Crippen MR) is 143 cm³/mol. The number of ether oxygens (including phenoxy) is 1. The third-order valence-corrected chi connectivity index (χ3v) is 10.5. The summed E-state index contributed by atoms with van der Waals surface area (Å²) in [6, 6.07) is 4.58. The van der Waals surface area contributed by atoms with E-state index in [1.54, 1.807) is 6.07 Å². The zero-order valence-corrected chi connectivity index (χ0v) is 23.0. The Morgan fingerprint density at radius 3 is 2.58 bits per heavy atom. The number of benzene rings is 1. The third kappa shape index (κ3) is 6.75. The van der Waals surface area contributed by atoms with Gasteiger partial charge in [0.2, 0.25) is 15.9 Å². The number of carbonyl (C=O) groups excluding carboxylic acids is 2. The lowest BCUT2D eigenvalue weighted by Crippen LogP contribution is -2.45. The van der Waals surface area contributed by atoms with E-state index in [1.165, 1.54) is 53.4 Å². The Balaban J connectivity index is 1.37. The Morgan fingerprint density at radius 1 is 1.14 bits per heavy atom. The number of carbonyl (C=O) groups is 2. The number of piperidine rings is 1. The first-order valence-corrected chi connectivity index (χ1v) is 15.7. The minimum absolute atomic E-state index is 0.117. The molecule has 0 unspecified atom stereocenters. The summed E-state index contributed by atoms with van der Waals surface area (Å²) in [6.45, 7) is 5.30. The molecule has 1 saturated carbocycles. The van der Waals surface area contributed by atoms with E-state index in [1.807, 2.05) is 11.8 Å². The topological polar surface area (TPSA) is 96.0 Å². The maximum absolute atomic E-state index is 13.4. The van der Waals surface area contributed by atoms with Gasteiger partial charge in [-0.15, -0.1) is 0 Å². The number of nitrogens with zero attached hydrogens (tertiary/aromatic N) is 2. The van der Waals surface area contributed by atoms with Gasteiger partial charge in [0.05, 0.1) is 10.6 Å². The van der Waals surface area contributed by atoms with E-state index < -0.39 is 10.0 Å². The number of amides is 2. The molecule has 2 heterocycles. The van der Waals surface area contributed by atoms with Crippen molar-refractivity contribution < 1.29 is 22.7 Å². The van der Waals surface area contributed by atoms with Crippen LogP contribution < -0.4 is 15.0 Å². The summed E-state index contributed by atoms with van der Waals surface area (Å²) in [4.78, 5) is 26.8. The Morgan fingerprint density at radius 2 is 1.86 bits per heavy atom. The van der Waals surface area contributed by atoms with Crippen molar-refractivity contribution in [2.45, 2.75) is 68.9 Å². The average molecular weight is 538 g/mol. The number of hydrogen-bond acceptors (Lipinski definition) is 6. The van der Waals surface area contributed by atoms with Crippen LogP contribution in [-0.2, 0) is 19.6 Å². The van der Waals surface area contributed by atoms with E-state index in [2.05, 4.69) is 19.2 Å². The summed E-state index contributed by atoms with van der Waals surface area (Å²) in [6.07, 6.45) is 8.47. The predicted octanol–water partition coefficient (Wildman–Crippen LogP) is 3.65. The van der Waals surface area contributed by atoms with Gasteiger partial charge in [-0.1, -0.05) is 33.1 Å². The van der Waals surface area contributed by atoms with Crippen molar-refractivity contribution in [3.63, 3.8) is 0 Å². The number of anilines is 1. The Kier molecular flexibility index (Phi) is 9.22. The number of fused-ring (bicyclic) bond motifs is 1. The van der Waals surface area contributed by atoms with Gasteiger partial charge in [-0.05, 0) is 61.5 Å². The molecule has 8 nitrogen and oxygen atoms in total. The zero-order chi connectivity index (χ0) is 25.7. The fourth-order valence-corrected chi connectivity index (χ4v) is 8.46. The van der Waals surface area contributed by atoms with E-state index in [0.29, 0.717) is 31.1 Å². The lowest BCUT2D eigenvalue weighted by molar-refractivity contribution is -0.125. The van der Waals surface area contributed by atoms with Gasteiger partial charge in [-0.3, -0.25) is 14.5 Å². The number of thioether (sulfide) groups is 1.